The molecule has 5 heteroatoms. The van der Waals surface area contributed by atoms with Crippen LogP contribution in [0.5, 0.6) is 5.75 Å². The highest BCUT2D eigenvalue weighted by Crippen LogP contribution is 2.28. The van der Waals surface area contributed by atoms with Gasteiger partial charge in [-0.05, 0) is 30.2 Å². The third-order valence-electron chi connectivity index (χ3n) is 6.06. The van der Waals surface area contributed by atoms with Crippen LogP contribution in [0.3, 0.4) is 0 Å². The van der Waals surface area contributed by atoms with Crippen LogP contribution >= 0.6 is 0 Å². The fraction of sp³-hybridized carbons (Fsp3) is 0.296. The molecule has 1 aliphatic heterocycles. The predicted octanol–water partition coefficient (Wildman–Crippen LogP) is 4.03. The standard InChI is InChI=1S/C27H31N3O2/c1-21-12-14-23(15-13-21)27(22-8-4-3-5-9-22)28-20-26(31)30-18-16-29(17-19-30)24-10-6-7-11-25(24)32-2/h3-15,27-28H,16-20H2,1-2H3/t27-/m0/s1. The van der Waals surface area contributed by atoms with Crippen LogP contribution in [0.25, 0.3) is 0 Å². The fourth-order valence-electron chi connectivity index (χ4n) is 4.22. The Morgan fingerprint density at radius 3 is 2.19 bits per heavy atom. The molecule has 0 spiro atoms. The number of nitrogens with one attached hydrogen (secondary N) is 1. The highest BCUT2D eigenvalue weighted by Gasteiger charge is 2.24. The molecule has 166 valence electrons. The maximum absolute atomic E-state index is 13.0. The van der Waals surface area contributed by atoms with Gasteiger partial charge in [-0.2, -0.15) is 0 Å². The van der Waals surface area contributed by atoms with Crippen molar-refractivity contribution >= 4 is 11.6 Å². The Hall–Kier alpha value is -3.31. The molecule has 3 aromatic rings. The van der Waals surface area contributed by atoms with Crippen molar-refractivity contribution in [2.24, 2.45) is 0 Å². The van der Waals surface area contributed by atoms with Gasteiger partial charge in [0.1, 0.15) is 5.75 Å². The van der Waals surface area contributed by atoms with E-state index < -0.39 is 0 Å². The molecule has 32 heavy (non-hydrogen) atoms. The molecule has 0 unspecified atom stereocenters. The van der Waals surface area contributed by atoms with Crippen LogP contribution in [-0.4, -0.2) is 50.6 Å². The molecule has 0 aromatic heterocycles. The molecule has 1 atom stereocenters. The number of piperazine rings is 1. The molecule has 0 radical (unpaired) electrons. The first-order valence-electron chi connectivity index (χ1n) is 11.2. The van der Waals surface area contributed by atoms with Crippen LogP contribution in [0.1, 0.15) is 22.7 Å². The number of aryl methyl sites for hydroxylation is 1. The maximum atomic E-state index is 13.0. The van der Waals surface area contributed by atoms with E-state index in [2.05, 4.69) is 59.6 Å². The lowest BCUT2D eigenvalue weighted by atomic mass is 9.98. The first-order chi connectivity index (χ1) is 15.7. The minimum Gasteiger partial charge on any atom is -0.495 e. The Bertz CT molecular complexity index is 1010. The third kappa shape index (κ3) is 5.11. The molecule has 1 N–H and O–H groups in total. The highest BCUT2D eigenvalue weighted by atomic mass is 16.5. The zero-order valence-electron chi connectivity index (χ0n) is 18.8. The largest absolute Gasteiger partial charge is 0.495 e. The van der Waals surface area contributed by atoms with Crippen molar-refractivity contribution < 1.29 is 9.53 Å². The fourth-order valence-corrected chi connectivity index (χ4v) is 4.22. The van der Waals surface area contributed by atoms with Crippen LogP contribution in [0.15, 0.2) is 78.9 Å². The summed E-state index contributed by atoms with van der Waals surface area (Å²) in [4.78, 5) is 17.2. The van der Waals surface area contributed by atoms with Crippen molar-refractivity contribution in [3.63, 3.8) is 0 Å². The number of ether oxygens (including phenoxy) is 1. The summed E-state index contributed by atoms with van der Waals surface area (Å²) in [6.45, 7) is 5.40. The van der Waals surface area contributed by atoms with Crippen molar-refractivity contribution in [3.8, 4) is 5.75 Å². The van der Waals surface area contributed by atoms with Gasteiger partial charge in [0.2, 0.25) is 5.91 Å². The summed E-state index contributed by atoms with van der Waals surface area (Å²) in [6.07, 6.45) is 0. The van der Waals surface area contributed by atoms with Gasteiger partial charge in [-0.3, -0.25) is 10.1 Å². The molecule has 1 heterocycles. The summed E-state index contributed by atoms with van der Waals surface area (Å²) in [7, 11) is 1.70. The Labute approximate surface area is 190 Å². The van der Waals surface area contributed by atoms with Crippen LogP contribution < -0.4 is 15.0 Å². The van der Waals surface area contributed by atoms with E-state index in [0.717, 1.165) is 35.7 Å². The van der Waals surface area contributed by atoms with Crippen molar-refractivity contribution in [1.29, 1.82) is 0 Å². The van der Waals surface area contributed by atoms with Crippen molar-refractivity contribution in [2.45, 2.75) is 13.0 Å². The first-order valence-corrected chi connectivity index (χ1v) is 11.2. The van der Waals surface area contributed by atoms with Gasteiger partial charge in [0, 0.05) is 26.2 Å². The number of hydrogen-bond donors (Lipinski definition) is 1. The van der Waals surface area contributed by atoms with Crippen molar-refractivity contribution in [2.75, 3.05) is 44.7 Å². The molecule has 0 saturated carbocycles. The Balaban J connectivity index is 1.38. The number of hydrogen-bond acceptors (Lipinski definition) is 4. The lowest BCUT2D eigenvalue weighted by Crippen LogP contribution is -2.51. The number of benzene rings is 3. The molecule has 1 fully saturated rings. The number of anilines is 1. The summed E-state index contributed by atoms with van der Waals surface area (Å²) in [5.74, 6) is 1.01. The van der Waals surface area contributed by atoms with E-state index in [0.29, 0.717) is 19.6 Å². The zero-order chi connectivity index (χ0) is 22.3. The quantitative estimate of drug-likeness (QED) is 0.616. The van der Waals surface area contributed by atoms with Gasteiger partial charge in [0.25, 0.3) is 0 Å². The van der Waals surface area contributed by atoms with Gasteiger partial charge in [0.05, 0.1) is 25.4 Å². The number of nitrogens with zero attached hydrogens (tertiary/aromatic N) is 2. The monoisotopic (exact) mass is 429 g/mol. The number of methoxy groups -OCH3 is 1. The van der Waals surface area contributed by atoms with Gasteiger partial charge in [-0.1, -0.05) is 72.3 Å². The van der Waals surface area contributed by atoms with E-state index in [9.17, 15) is 4.79 Å². The van der Waals surface area contributed by atoms with Gasteiger partial charge >= 0.3 is 0 Å². The third-order valence-corrected chi connectivity index (χ3v) is 6.06. The average molecular weight is 430 g/mol. The van der Waals surface area contributed by atoms with Crippen molar-refractivity contribution in [3.05, 3.63) is 95.6 Å². The Morgan fingerprint density at radius 2 is 1.50 bits per heavy atom. The molecular formula is C27H31N3O2. The number of amides is 1. The highest BCUT2D eigenvalue weighted by molar-refractivity contribution is 5.78. The van der Waals surface area contributed by atoms with E-state index in [1.54, 1.807) is 7.11 Å². The van der Waals surface area contributed by atoms with Gasteiger partial charge in [-0.15, -0.1) is 0 Å². The summed E-state index contributed by atoms with van der Waals surface area (Å²) < 4.78 is 5.50. The molecule has 4 rings (SSSR count). The average Bonchev–Trinajstić information content (AvgIpc) is 2.86. The number of carbonyl (C=O) groups is 1. The summed E-state index contributed by atoms with van der Waals surface area (Å²) in [6, 6.07) is 26.8. The molecule has 5 nitrogen and oxygen atoms in total. The van der Waals surface area contributed by atoms with Gasteiger partial charge in [-0.25, -0.2) is 0 Å². The SMILES string of the molecule is COc1ccccc1N1CCN(C(=O)CN[C@@H](c2ccccc2)c2ccc(C)cc2)CC1. The summed E-state index contributed by atoms with van der Waals surface area (Å²) in [5.41, 5.74) is 4.63. The number of carbonyl (C=O) groups excluding carboxylic acids is 1. The molecule has 1 aliphatic rings. The van der Waals surface area contributed by atoms with Crippen molar-refractivity contribution in [1.82, 2.24) is 10.2 Å². The second kappa shape index (κ2) is 10.3. The first kappa shape index (κ1) is 21.9. The van der Waals surface area contributed by atoms with E-state index in [1.165, 1.54) is 5.56 Å². The second-order valence-corrected chi connectivity index (χ2v) is 8.17. The molecule has 0 aliphatic carbocycles. The van der Waals surface area contributed by atoms with E-state index >= 15 is 0 Å². The maximum Gasteiger partial charge on any atom is 0.236 e. The minimum atomic E-state index is -0.0179. The molecular weight excluding hydrogens is 398 g/mol. The second-order valence-electron chi connectivity index (χ2n) is 8.17. The summed E-state index contributed by atoms with van der Waals surface area (Å²) >= 11 is 0. The Kier molecular flexibility index (Phi) is 7.07. The lowest BCUT2D eigenvalue weighted by molar-refractivity contribution is -0.130. The topological polar surface area (TPSA) is 44.8 Å². The smallest absolute Gasteiger partial charge is 0.236 e. The van der Waals surface area contributed by atoms with E-state index in [4.69, 9.17) is 4.74 Å². The van der Waals surface area contributed by atoms with E-state index in [-0.39, 0.29) is 11.9 Å². The molecule has 0 bridgehead atoms. The van der Waals surface area contributed by atoms with Gasteiger partial charge in [0.15, 0.2) is 0 Å². The number of para-hydroxylation sites is 2. The molecule has 1 saturated heterocycles. The molecule has 1 amide bonds. The van der Waals surface area contributed by atoms with Crippen LogP contribution in [-0.2, 0) is 4.79 Å². The zero-order valence-corrected chi connectivity index (χ0v) is 18.8. The molecule has 3 aromatic carbocycles. The van der Waals surface area contributed by atoms with E-state index in [1.807, 2.05) is 41.3 Å². The van der Waals surface area contributed by atoms with Crippen LogP contribution in [0, 0.1) is 6.92 Å². The normalized spacial score (nSPS) is 14.8. The lowest BCUT2D eigenvalue weighted by Gasteiger charge is -2.37. The number of rotatable bonds is 7. The predicted molar refractivity (Wildman–Crippen MR) is 129 cm³/mol. The van der Waals surface area contributed by atoms with Gasteiger partial charge < -0.3 is 14.5 Å². The minimum absolute atomic E-state index is 0.0179. The Morgan fingerprint density at radius 1 is 0.875 bits per heavy atom. The van der Waals surface area contributed by atoms with Crippen LogP contribution in [0.2, 0.25) is 0 Å². The summed E-state index contributed by atoms with van der Waals surface area (Å²) in [5, 5.41) is 3.51. The van der Waals surface area contributed by atoms with Crippen LogP contribution in [0.4, 0.5) is 5.69 Å².